The second kappa shape index (κ2) is 8.23. The molecule has 0 fully saturated rings. The van der Waals surface area contributed by atoms with E-state index in [2.05, 4.69) is 58.6 Å². The van der Waals surface area contributed by atoms with Crippen LogP contribution in [0.2, 0.25) is 0 Å². The molecule has 148 valence electrons. The SMILES string of the molecule is COC(=O)CCn1c(C)c(C)c2nccc(N3CCc4ccccc4C3)c21.Cl. The molecule has 1 aliphatic rings. The fraction of sp³-hybridized carbons (Fsp3) is 0.364. The van der Waals surface area contributed by atoms with Gasteiger partial charge in [-0.25, -0.2) is 0 Å². The van der Waals surface area contributed by atoms with E-state index in [9.17, 15) is 4.79 Å². The number of ether oxygens (including phenoxy) is 1. The molecule has 1 aromatic carbocycles. The number of hydrogen-bond acceptors (Lipinski definition) is 4. The number of aromatic nitrogens is 2. The highest BCUT2D eigenvalue weighted by molar-refractivity contribution is 5.92. The zero-order chi connectivity index (χ0) is 19.0. The van der Waals surface area contributed by atoms with E-state index in [1.54, 1.807) is 0 Å². The van der Waals surface area contributed by atoms with Crippen LogP contribution in [-0.4, -0.2) is 29.2 Å². The quantitative estimate of drug-likeness (QED) is 0.617. The highest BCUT2D eigenvalue weighted by Crippen LogP contribution is 2.34. The van der Waals surface area contributed by atoms with Gasteiger partial charge >= 0.3 is 5.97 Å². The zero-order valence-corrected chi connectivity index (χ0v) is 17.4. The van der Waals surface area contributed by atoms with Gasteiger partial charge in [-0.3, -0.25) is 9.78 Å². The Labute approximate surface area is 171 Å². The molecule has 0 bridgehead atoms. The summed E-state index contributed by atoms with van der Waals surface area (Å²) in [5, 5.41) is 0. The first-order valence-corrected chi connectivity index (χ1v) is 9.43. The van der Waals surface area contributed by atoms with Crippen molar-refractivity contribution in [2.75, 3.05) is 18.6 Å². The Bertz CT molecular complexity index is 1010. The van der Waals surface area contributed by atoms with Crippen LogP contribution in [0.4, 0.5) is 5.69 Å². The second-order valence-electron chi connectivity index (χ2n) is 7.16. The Morgan fingerprint density at radius 2 is 1.93 bits per heavy atom. The maximum atomic E-state index is 11.7. The predicted molar refractivity (Wildman–Crippen MR) is 114 cm³/mol. The van der Waals surface area contributed by atoms with E-state index in [0.29, 0.717) is 13.0 Å². The predicted octanol–water partition coefficient (Wildman–Crippen LogP) is 4.20. The van der Waals surface area contributed by atoms with Crippen molar-refractivity contribution in [1.29, 1.82) is 0 Å². The molecular formula is C22H26ClN3O2. The van der Waals surface area contributed by atoms with Gasteiger partial charge in [-0.15, -0.1) is 12.4 Å². The lowest BCUT2D eigenvalue weighted by atomic mass is 9.99. The van der Waals surface area contributed by atoms with E-state index >= 15 is 0 Å². The van der Waals surface area contributed by atoms with E-state index < -0.39 is 0 Å². The third-order valence-corrected chi connectivity index (χ3v) is 5.71. The van der Waals surface area contributed by atoms with Crippen molar-refractivity contribution in [2.45, 2.75) is 39.8 Å². The van der Waals surface area contributed by atoms with Gasteiger partial charge in [0.1, 0.15) is 0 Å². The van der Waals surface area contributed by atoms with Gasteiger partial charge in [-0.05, 0) is 43.0 Å². The standard InChI is InChI=1S/C22H25N3O2.ClH/c1-15-16(2)25(13-10-20(26)27-3)22-19(8-11-23-21(15)22)24-12-9-17-6-4-5-7-18(17)14-24;/h4-8,11H,9-10,12-14H2,1-3H3;1H. The molecular weight excluding hydrogens is 374 g/mol. The third-order valence-electron chi connectivity index (χ3n) is 5.71. The molecule has 0 atom stereocenters. The van der Waals surface area contributed by atoms with Crippen molar-refractivity contribution in [3.8, 4) is 0 Å². The van der Waals surface area contributed by atoms with Gasteiger partial charge in [-0.2, -0.15) is 0 Å². The summed E-state index contributed by atoms with van der Waals surface area (Å²) >= 11 is 0. The number of fused-ring (bicyclic) bond motifs is 2. The van der Waals surface area contributed by atoms with Crippen LogP contribution in [0.3, 0.4) is 0 Å². The number of aryl methyl sites for hydroxylation is 2. The fourth-order valence-electron chi connectivity index (χ4n) is 4.07. The average Bonchev–Trinajstić information content (AvgIpc) is 2.96. The van der Waals surface area contributed by atoms with Crippen molar-refractivity contribution >= 4 is 35.1 Å². The summed E-state index contributed by atoms with van der Waals surface area (Å²) in [6.07, 6.45) is 3.30. The molecule has 3 aromatic rings. The van der Waals surface area contributed by atoms with Gasteiger partial charge < -0.3 is 14.2 Å². The fourth-order valence-corrected chi connectivity index (χ4v) is 4.07. The first-order chi connectivity index (χ1) is 13.1. The number of pyridine rings is 1. The number of anilines is 1. The number of benzene rings is 1. The number of carbonyl (C=O) groups excluding carboxylic acids is 1. The van der Waals surface area contributed by atoms with Crippen molar-refractivity contribution < 1.29 is 9.53 Å². The number of nitrogens with zero attached hydrogens (tertiary/aromatic N) is 3. The maximum Gasteiger partial charge on any atom is 0.307 e. The first-order valence-electron chi connectivity index (χ1n) is 9.43. The molecule has 6 heteroatoms. The van der Waals surface area contributed by atoms with E-state index in [0.717, 1.165) is 36.2 Å². The summed E-state index contributed by atoms with van der Waals surface area (Å²) in [4.78, 5) is 18.8. The van der Waals surface area contributed by atoms with Gasteiger partial charge in [-0.1, -0.05) is 24.3 Å². The maximum absolute atomic E-state index is 11.7. The van der Waals surface area contributed by atoms with Crippen molar-refractivity contribution in [3.63, 3.8) is 0 Å². The van der Waals surface area contributed by atoms with Crippen molar-refractivity contribution in [1.82, 2.24) is 9.55 Å². The smallest absolute Gasteiger partial charge is 0.307 e. The van der Waals surface area contributed by atoms with E-state index in [4.69, 9.17) is 4.74 Å². The third kappa shape index (κ3) is 3.47. The molecule has 2 aromatic heterocycles. The highest BCUT2D eigenvalue weighted by Gasteiger charge is 2.22. The van der Waals surface area contributed by atoms with Gasteiger partial charge in [0.05, 0.1) is 30.3 Å². The largest absolute Gasteiger partial charge is 0.469 e. The van der Waals surface area contributed by atoms with E-state index in [1.165, 1.54) is 29.5 Å². The Balaban J connectivity index is 0.00000225. The minimum atomic E-state index is -0.189. The summed E-state index contributed by atoms with van der Waals surface area (Å²) in [6.45, 7) is 6.69. The number of methoxy groups -OCH3 is 1. The molecule has 3 heterocycles. The highest BCUT2D eigenvalue weighted by atomic mass is 35.5. The first kappa shape index (κ1) is 20.2. The summed E-state index contributed by atoms with van der Waals surface area (Å²) in [5.41, 5.74) is 8.49. The van der Waals surface area contributed by atoms with Crippen LogP contribution in [0.1, 0.15) is 28.8 Å². The number of halogens is 1. The van der Waals surface area contributed by atoms with Gasteiger partial charge in [0.2, 0.25) is 0 Å². The van der Waals surface area contributed by atoms with Gasteiger partial charge in [0.15, 0.2) is 0 Å². The monoisotopic (exact) mass is 399 g/mol. The van der Waals surface area contributed by atoms with Gasteiger partial charge in [0, 0.05) is 31.5 Å². The zero-order valence-electron chi connectivity index (χ0n) is 16.6. The lowest BCUT2D eigenvalue weighted by Gasteiger charge is -2.31. The Morgan fingerprint density at radius 1 is 1.18 bits per heavy atom. The molecule has 0 radical (unpaired) electrons. The Hall–Kier alpha value is -2.53. The molecule has 28 heavy (non-hydrogen) atoms. The molecule has 1 aliphatic heterocycles. The van der Waals surface area contributed by atoms with E-state index in [1.807, 2.05) is 6.20 Å². The van der Waals surface area contributed by atoms with Crippen LogP contribution in [0.25, 0.3) is 11.0 Å². The summed E-state index contributed by atoms with van der Waals surface area (Å²) in [7, 11) is 1.44. The lowest BCUT2D eigenvalue weighted by molar-refractivity contribution is -0.140. The van der Waals surface area contributed by atoms with Crippen LogP contribution in [0, 0.1) is 13.8 Å². The number of hydrogen-bond donors (Lipinski definition) is 0. The minimum absolute atomic E-state index is 0. The molecule has 0 saturated heterocycles. The molecule has 0 spiro atoms. The van der Waals surface area contributed by atoms with Crippen LogP contribution in [-0.2, 0) is 29.0 Å². The summed E-state index contributed by atoms with van der Waals surface area (Å²) < 4.78 is 7.06. The van der Waals surface area contributed by atoms with Crippen LogP contribution < -0.4 is 4.90 Å². The van der Waals surface area contributed by atoms with Crippen molar-refractivity contribution in [2.24, 2.45) is 0 Å². The number of rotatable bonds is 4. The Morgan fingerprint density at radius 3 is 2.68 bits per heavy atom. The molecule has 0 aliphatic carbocycles. The molecule has 4 rings (SSSR count). The molecule has 0 unspecified atom stereocenters. The minimum Gasteiger partial charge on any atom is -0.469 e. The van der Waals surface area contributed by atoms with Crippen molar-refractivity contribution in [3.05, 3.63) is 58.9 Å². The summed E-state index contributed by atoms with van der Waals surface area (Å²) in [6, 6.07) is 10.8. The number of carbonyl (C=O) groups is 1. The number of esters is 1. The molecule has 0 N–H and O–H groups in total. The molecule has 5 nitrogen and oxygen atoms in total. The Kier molecular flexibility index (Phi) is 5.94. The molecule has 0 amide bonds. The lowest BCUT2D eigenvalue weighted by Crippen LogP contribution is -2.30. The molecule has 0 saturated carbocycles. The second-order valence-corrected chi connectivity index (χ2v) is 7.16. The van der Waals surface area contributed by atoms with Crippen LogP contribution >= 0.6 is 12.4 Å². The van der Waals surface area contributed by atoms with Gasteiger partial charge in [0.25, 0.3) is 0 Å². The van der Waals surface area contributed by atoms with Crippen LogP contribution in [0.15, 0.2) is 36.5 Å². The van der Waals surface area contributed by atoms with E-state index in [-0.39, 0.29) is 18.4 Å². The summed E-state index contributed by atoms with van der Waals surface area (Å²) in [5.74, 6) is -0.189. The normalized spacial score (nSPS) is 13.2. The topological polar surface area (TPSA) is 47.4 Å². The average molecular weight is 400 g/mol. The van der Waals surface area contributed by atoms with Crippen LogP contribution in [0.5, 0.6) is 0 Å².